The first kappa shape index (κ1) is 30.4. The van der Waals surface area contributed by atoms with Gasteiger partial charge in [-0.05, 0) is 93.7 Å². The van der Waals surface area contributed by atoms with Crippen molar-refractivity contribution in [3.63, 3.8) is 0 Å². The van der Waals surface area contributed by atoms with E-state index in [1.807, 2.05) is 47.7 Å². The summed E-state index contributed by atoms with van der Waals surface area (Å²) in [6, 6.07) is 32.1. The van der Waals surface area contributed by atoms with Crippen molar-refractivity contribution in [3.8, 4) is 23.3 Å². The van der Waals surface area contributed by atoms with Gasteiger partial charge in [-0.3, -0.25) is 4.90 Å². The van der Waals surface area contributed by atoms with E-state index in [0.29, 0.717) is 17.7 Å². The molecule has 6 aromatic rings. The molecule has 0 atom stereocenters. The lowest BCUT2D eigenvalue weighted by atomic mass is 9.37. The van der Waals surface area contributed by atoms with Gasteiger partial charge in [0.2, 0.25) is 17.7 Å². The average molecular weight is 662 g/mol. The lowest BCUT2D eigenvalue weighted by Gasteiger charge is -2.43. The minimum atomic E-state index is -0.102. The molecule has 9 rings (SSSR count). The molecule has 244 valence electrons. The van der Waals surface area contributed by atoms with E-state index in [0.717, 1.165) is 46.6 Å². The molecule has 49 heavy (non-hydrogen) atoms. The maximum Gasteiger partial charge on any atom is 0.277 e. The molecule has 0 radical (unpaired) electrons. The maximum atomic E-state index is 6.96. The fraction of sp³-hybridized carbons (Fsp3) is 0.286. The molecule has 4 heterocycles. The first-order valence-corrected chi connectivity index (χ1v) is 18.1. The Morgan fingerprint density at radius 1 is 0.735 bits per heavy atom. The predicted molar refractivity (Wildman–Crippen MR) is 204 cm³/mol. The van der Waals surface area contributed by atoms with Crippen molar-refractivity contribution in [1.29, 1.82) is 0 Å². The number of aromatic nitrogens is 2. The van der Waals surface area contributed by atoms with Crippen LogP contribution in [0.25, 0.3) is 10.1 Å². The normalized spacial score (nSPS) is 16.5. The average Bonchev–Trinajstić information content (AvgIpc) is 3.44. The molecule has 4 aromatic carbocycles. The Hall–Kier alpha value is -4.62. The molecule has 0 amide bonds. The Balaban J connectivity index is 1.32. The van der Waals surface area contributed by atoms with E-state index in [1.54, 1.807) is 0 Å². The Morgan fingerprint density at radius 2 is 1.33 bits per heavy atom. The van der Waals surface area contributed by atoms with Crippen molar-refractivity contribution < 1.29 is 9.47 Å². The SMILES string of the molecule is CC(C)(C)c1ccc2sc3c(c2c1)Oc1nc(N(c2ccccc2)c2ccccc2)nc2c1B3c1cc3c(cc1O2)C(C)(C)CCC3(C)C. The minimum Gasteiger partial charge on any atom is -0.440 e. The van der Waals surface area contributed by atoms with E-state index in [2.05, 4.69) is 108 Å². The third-order valence-corrected chi connectivity index (χ3v) is 12.1. The molecule has 0 bridgehead atoms. The van der Waals surface area contributed by atoms with Gasteiger partial charge in [0.15, 0.2) is 0 Å². The van der Waals surface area contributed by atoms with Crippen molar-refractivity contribution >= 4 is 61.2 Å². The van der Waals surface area contributed by atoms with Crippen LogP contribution in [0.3, 0.4) is 0 Å². The second-order valence-electron chi connectivity index (χ2n) is 16.2. The number of rotatable bonds is 3. The quantitative estimate of drug-likeness (QED) is 0.177. The molecule has 3 aliphatic rings. The number of ether oxygens (including phenoxy) is 2. The van der Waals surface area contributed by atoms with E-state index in [4.69, 9.17) is 19.4 Å². The van der Waals surface area contributed by atoms with Gasteiger partial charge in [0.25, 0.3) is 6.71 Å². The standard InChI is InChI=1S/C42H40BN3O2S/c1-40(2,3)25-18-19-33-28(22-25)35-36(49-33)43-31-23-29-30(42(6,7)21-20-41(29,4)5)24-32(31)47-37-34(43)38(48-35)45-39(44-37)46(26-14-10-8-11-15-26)27-16-12-9-13-17-27/h8-19,22-24H,20-21H2,1-7H3. The number of nitrogens with zero attached hydrogens (tertiary/aromatic N) is 3. The second-order valence-corrected chi connectivity index (χ2v) is 17.2. The van der Waals surface area contributed by atoms with E-state index in [9.17, 15) is 0 Å². The second kappa shape index (κ2) is 10.4. The van der Waals surface area contributed by atoms with E-state index >= 15 is 0 Å². The monoisotopic (exact) mass is 661 g/mol. The Labute approximate surface area is 293 Å². The summed E-state index contributed by atoms with van der Waals surface area (Å²) in [5.41, 5.74) is 8.17. The van der Waals surface area contributed by atoms with Crippen LogP contribution in [0.5, 0.6) is 23.3 Å². The lowest BCUT2D eigenvalue weighted by molar-refractivity contribution is 0.330. The summed E-state index contributed by atoms with van der Waals surface area (Å²) in [6.07, 6.45) is 2.28. The molecule has 0 saturated heterocycles. The molecule has 0 unspecified atom stereocenters. The number of hydrogen-bond donors (Lipinski definition) is 0. The maximum absolute atomic E-state index is 6.96. The first-order valence-electron chi connectivity index (χ1n) is 17.3. The van der Waals surface area contributed by atoms with Crippen molar-refractivity contribution in [2.45, 2.75) is 77.6 Å². The smallest absolute Gasteiger partial charge is 0.277 e. The molecule has 0 fully saturated rings. The summed E-state index contributed by atoms with van der Waals surface area (Å²) in [4.78, 5) is 12.5. The van der Waals surface area contributed by atoms with Crippen LogP contribution in [-0.4, -0.2) is 16.7 Å². The van der Waals surface area contributed by atoms with Crippen molar-refractivity contribution in [1.82, 2.24) is 9.97 Å². The molecule has 1 aliphatic carbocycles. The molecule has 5 nitrogen and oxygen atoms in total. The van der Waals surface area contributed by atoms with E-state index in [-0.39, 0.29) is 23.0 Å². The van der Waals surface area contributed by atoms with Crippen LogP contribution in [0.1, 0.15) is 78.0 Å². The fourth-order valence-corrected chi connectivity index (χ4v) is 9.11. The molecule has 0 saturated carbocycles. The summed E-state index contributed by atoms with van der Waals surface area (Å²) in [5.74, 6) is 3.39. The van der Waals surface area contributed by atoms with Crippen LogP contribution in [0, 0.1) is 0 Å². The van der Waals surface area contributed by atoms with Gasteiger partial charge >= 0.3 is 0 Å². The van der Waals surface area contributed by atoms with Crippen molar-refractivity contribution in [2.24, 2.45) is 0 Å². The summed E-state index contributed by atoms with van der Waals surface area (Å²) in [7, 11) is 0. The highest BCUT2D eigenvalue weighted by atomic mass is 32.1. The van der Waals surface area contributed by atoms with Crippen molar-refractivity contribution in [2.75, 3.05) is 4.90 Å². The van der Waals surface area contributed by atoms with Gasteiger partial charge in [-0.25, -0.2) is 0 Å². The number of benzene rings is 4. The number of thiophene rings is 1. The van der Waals surface area contributed by atoms with Crippen molar-refractivity contribution in [3.05, 3.63) is 108 Å². The highest BCUT2D eigenvalue weighted by Gasteiger charge is 2.47. The number of fused-ring (bicyclic) bond motifs is 7. The number of para-hydroxylation sites is 2. The predicted octanol–water partition coefficient (Wildman–Crippen LogP) is 9.54. The molecule has 2 aromatic heterocycles. The zero-order chi connectivity index (χ0) is 33.9. The van der Waals surface area contributed by atoms with Gasteiger partial charge in [0.1, 0.15) is 11.5 Å². The van der Waals surface area contributed by atoms with Gasteiger partial charge < -0.3 is 9.47 Å². The number of anilines is 3. The van der Waals surface area contributed by atoms with E-state index < -0.39 is 0 Å². The van der Waals surface area contributed by atoms with Crippen LogP contribution in [0.15, 0.2) is 91.0 Å². The summed E-state index contributed by atoms with van der Waals surface area (Å²) in [5, 5.41) is 1.13. The van der Waals surface area contributed by atoms with Gasteiger partial charge in [-0.2, -0.15) is 9.97 Å². The van der Waals surface area contributed by atoms with Crippen LogP contribution < -0.4 is 30.1 Å². The lowest BCUT2D eigenvalue weighted by Crippen LogP contribution is -2.57. The summed E-state index contributed by atoms with van der Waals surface area (Å²) in [6.45, 7) is 16.2. The van der Waals surface area contributed by atoms with Crippen LogP contribution >= 0.6 is 11.3 Å². The Morgan fingerprint density at radius 3 is 1.94 bits per heavy atom. The minimum absolute atomic E-state index is 0.00664. The van der Waals surface area contributed by atoms with Crippen LogP contribution in [-0.2, 0) is 16.2 Å². The topological polar surface area (TPSA) is 47.5 Å². The zero-order valence-electron chi connectivity index (χ0n) is 29.2. The van der Waals surface area contributed by atoms with Gasteiger partial charge in [-0.15, -0.1) is 11.3 Å². The third-order valence-electron chi connectivity index (χ3n) is 10.9. The van der Waals surface area contributed by atoms with E-state index in [1.165, 1.54) is 31.6 Å². The Kier molecular flexibility index (Phi) is 6.49. The highest BCUT2D eigenvalue weighted by molar-refractivity contribution is 7.33. The van der Waals surface area contributed by atoms with Crippen LogP contribution in [0.4, 0.5) is 17.3 Å². The van der Waals surface area contributed by atoms with Gasteiger partial charge in [0.05, 0.1) is 5.46 Å². The Bertz CT molecular complexity index is 2250. The summed E-state index contributed by atoms with van der Waals surface area (Å²) >= 11 is 1.82. The van der Waals surface area contributed by atoms with Gasteiger partial charge in [0, 0.05) is 26.2 Å². The summed E-state index contributed by atoms with van der Waals surface area (Å²) < 4.78 is 16.3. The largest absolute Gasteiger partial charge is 0.440 e. The third kappa shape index (κ3) is 4.73. The van der Waals surface area contributed by atoms with Gasteiger partial charge in [-0.1, -0.05) is 97.0 Å². The first-order chi connectivity index (χ1) is 23.4. The molecular weight excluding hydrogens is 621 g/mol. The van der Waals surface area contributed by atoms with Crippen LogP contribution in [0.2, 0.25) is 0 Å². The highest BCUT2D eigenvalue weighted by Crippen LogP contribution is 2.49. The number of hydrogen-bond acceptors (Lipinski definition) is 6. The molecule has 2 aliphatic heterocycles. The molecule has 0 spiro atoms. The molecular formula is C42H40BN3O2S. The molecule has 7 heteroatoms. The molecule has 0 N–H and O–H groups in total. The zero-order valence-corrected chi connectivity index (χ0v) is 30.0. The fourth-order valence-electron chi connectivity index (χ4n) is 7.86.